The minimum absolute atomic E-state index is 1.00. The first-order chi connectivity index (χ1) is 2.81. The number of hydrogen-bond donors (Lipinski definition) is 0. The third kappa shape index (κ3) is 3.74. The summed E-state index contributed by atoms with van der Waals surface area (Å²) in [6.07, 6.45) is 1.00. The van der Waals surface area contributed by atoms with Gasteiger partial charge in [0.1, 0.15) is 0 Å². The first-order valence-corrected chi connectivity index (χ1v) is 1.85. The maximum Gasteiger partial charge on any atom is 0.0537 e. The summed E-state index contributed by atoms with van der Waals surface area (Å²) in [5, 5.41) is 0. The van der Waals surface area contributed by atoms with E-state index in [1.165, 1.54) is 6.55 Å². The minimum Gasteiger partial charge on any atom is -0.100 e. The molecule has 0 rings (SSSR count). The second kappa shape index (κ2) is 2.01. The molecule has 5 heavy (non-hydrogen) atoms. The third-order valence-corrected chi connectivity index (χ3v) is 0.558. The maximum atomic E-state index is 6.65. The topological polar surface area (TPSA) is 0 Å². The predicted molar refractivity (Wildman–Crippen MR) is 25.1 cm³/mol. The van der Waals surface area contributed by atoms with Crippen molar-refractivity contribution in [1.29, 1.82) is 0 Å². The van der Waals surface area contributed by atoms with Crippen molar-refractivity contribution in [2.45, 2.75) is 20.3 Å². The maximum absolute atomic E-state index is 6.65. The second-order valence-corrected chi connectivity index (χ2v) is 1.20. The fraction of sp³-hybridized carbons (Fsp3) is 0.600. The summed E-state index contributed by atoms with van der Waals surface area (Å²) in [6, 6.07) is 0. The van der Waals surface area contributed by atoms with Gasteiger partial charge in [-0.05, 0) is 13.3 Å². The Morgan fingerprint density at radius 1 is 2.20 bits per heavy atom. The molecule has 0 radical (unpaired) electrons. The molecule has 0 nitrogen and oxygen atoms in total. The number of hydrogen-bond acceptors (Lipinski definition) is 0. The highest BCUT2D eigenvalue weighted by molar-refractivity contribution is 4.84. The van der Waals surface area contributed by atoms with E-state index in [0.29, 0.717) is 0 Å². The first kappa shape index (κ1) is 2.95. The molecule has 0 heteroatoms. The zero-order valence-electron chi connectivity index (χ0n) is 4.78. The van der Waals surface area contributed by atoms with Gasteiger partial charge in [-0.1, -0.05) is 12.5 Å². The minimum atomic E-state index is 1.00. The number of allylic oxidation sites excluding steroid dienone is 1. The molecule has 0 atom stereocenters. The van der Waals surface area contributed by atoms with E-state index in [2.05, 4.69) is 0 Å². The molecule has 0 spiro atoms. The van der Waals surface area contributed by atoms with Crippen LogP contribution in [-0.2, 0) is 0 Å². The summed E-state index contributed by atoms with van der Waals surface area (Å²) in [4.78, 5) is 0. The molecule has 0 aliphatic carbocycles. The Labute approximate surface area is 34.9 Å². The number of rotatable bonds is 1. The predicted octanol–water partition coefficient (Wildman–Crippen LogP) is 1.97. The van der Waals surface area contributed by atoms with Gasteiger partial charge in [0.25, 0.3) is 0 Å². The normalized spacial score (nSPS) is 14.8. The monoisotopic (exact) mass is 72.1 g/mol. The highest BCUT2D eigenvalue weighted by Gasteiger charge is 1.67. The van der Waals surface area contributed by atoms with Crippen LogP contribution in [0.4, 0.5) is 0 Å². The van der Waals surface area contributed by atoms with Crippen LogP contribution < -0.4 is 0 Å². The van der Waals surface area contributed by atoms with Gasteiger partial charge in [0.2, 0.25) is 0 Å². The lowest BCUT2D eigenvalue weighted by Gasteiger charge is -1.79. The van der Waals surface area contributed by atoms with Crippen LogP contribution in [0.5, 0.6) is 0 Å². The Balaban J connectivity index is 3.22. The summed E-state index contributed by atoms with van der Waals surface area (Å²) in [6.45, 7) is 5.38. The zero-order valence-corrected chi connectivity index (χ0v) is 3.78. The molecule has 0 saturated heterocycles. The lowest BCUT2D eigenvalue weighted by atomic mass is 10.3. The molecule has 0 unspecified atom stereocenters. The van der Waals surface area contributed by atoms with Gasteiger partial charge >= 0.3 is 0 Å². The van der Waals surface area contributed by atoms with Crippen molar-refractivity contribution in [3.8, 4) is 0 Å². The highest BCUT2D eigenvalue weighted by Crippen LogP contribution is 1.88. The van der Waals surface area contributed by atoms with Crippen molar-refractivity contribution in [2.75, 3.05) is 0 Å². The van der Waals surface area contributed by atoms with Crippen LogP contribution in [0.1, 0.15) is 21.6 Å². The van der Waals surface area contributed by atoms with Gasteiger partial charge in [-0.15, -0.1) is 6.55 Å². The van der Waals surface area contributed by atoms with Crippen molar-refractivity contribution in [2.24, 2.45) is 0 Å². The van der Waals surface area contributed by atoms with Crippen LogP contribution >= 0.6 is 0 Å². The summed E-state index contributed by atoms with van der Waals surface area (Å²) in [5.74, 6) is 0. The average Bonchev–Trinajstić information content (AvgIpc) is 1.65. The van der Waals surface area contributed by atoms with E-state index >= 15 is 0 Å². The molecule has 30 valence electrons. The molecule has 0 bridgehead atoms. The largest absolute Gasteiger partial charge is 0.100 e. The van der Waals surface area contributed by atoms with Crippen molar-refractivity contribution < 1.29 is 1.37 Å². The Bertz CT molecular complexity index is 55.0. The Morgan fingerprint density at radius 2 is 2.80 bits per heavy atom. The Hall–Kier alpha value is -0.260. The molecule has 0 saturated carbocycles. The summed E-state index contributed by atoms with van der Waals surface area (Å²) >= 11 is 0. The van der Waals surface area contributed by atoms with E-state index in [1.54, 1.807) is 0 Å². The second-order valence-electron chi connectivity index (χ2n) is 1.20. The van der Waals surface area contributed by atoms with Crippen molar-refractivity contribution in [1.82, 2.24) is 0 Å². The van der Waals surface area contributed by atoms with Crippen molar-refractivity contribution >= 4 is 0 Å². The fourth-order valence-electron chi connectivity index (χ4n) is 0. The van der Waals surface area contributed by atoms with E-state index in [1.807, 2.05) is 13.8 Å². The van der Waals surface area contributed by atoms with E-state index in [4.69, 9.17) is 1.37 Å². The SMILES string of the molecule is [3H]C=C(C)CC. The fourth-order valence-corrected chi connectivity index (χ4v) is 0. The summed E-state index contributed by atoms with van der Waals surface area (Å²) < 4.78 is 6.65. The average molecular weight is 72.1 g/mol. The van der Waals surface area contributed by atoms with Crippen LogP contribution in [0.15, 0.2) is 12.1 Å². The van der Waals surface area contributed by atoms with Gasteiger partial charge in [-0.3, -0.25) is 0 Å². The lowest BCUT2D eigenvalue weighted by molar-refractivity contribution is 1.11. The lowest BCUT2D eigenvalue weighted by Crippen LogP contribution is -1.58. The standard InChI is InChI=1S/C5H10/c1-4-5(2)3/h2,4H2,1,3H3/i2T. The van der Waals surface area contributed by atoms with E-state index in [0.717, 1.165) is 12.0 Å². The zero-order chi connectivity index (χ0) is 4.99. The molecule has 0 N–H and O–H groups in total. The molecule has 0 heterocycles. The first-order valence-electron chi connectivity index (χ1n) is 2.43. The van der Waals surface area contributed by atoms with Gasteiger partial charge in [-0.25, -0.2) is 0 Å². The highest BCUT2D eigenvalue weighted by atomic mass is 13.7. The van der Waals surface area contributed by atoms with Gasteiger partial charge in [0.05, 0.1) is 1.37 Å². The van der Waals surface area contributed by atoms with Crippen LogP contribution in [0, 0.1) is 0 Å². The van der Waals surface area contributed by atoms with Gasteiger partial charge in [-0.2, -0.15) is 0 Å². The molecule has 0 amide bonds. The quantitative estimate of drug-likeness (QED) is 0.415. The van der Waals surface area contributed by atoms with Gasteiger partial charge < -0.3 is 0 Å². The van der Waals surface area contributed by atoms with E-state index in [9.17, 15) is 0 Å². The summed E-state index contributed by atoms with van der Waals surface area (Å²) in [5.41, 5.74) is 1.13. The van der Waals surface area contributed by atoms with Crippen LogP contribution in [0.25, 0.3) is 0 Å². The molecule has 0 fully saturated rings. The van der Waals surface area contributed by atoms with E-state index in [-0.39, 0.29) is 0 Å². The van der Waals surface area contributed by atoms with Crippen molar-refractivity contribution in [3.63, 3.8) is 0 Å². The van der Waals surface area contributed by atoms with E-state index < -0.39 is 0 Å². The molecule has 0 aliphatic rings. The van der Waals surface area contributed by atoms with Gasteiger partial charge in [0, 0.05) is 0 Å². The molecular formula is C5H10. The molecule has 0 aromatic heterocycles. The Kier molecular flexibility index (Phi) is 1.18. The Morgan fingerprint density at radius 3 is 2.80 bits per heavy atom. The van der Waals surface area contributed by atoms with Crippen LogP contribution in [-0.4, -0.2) is 0 Å². The third-order valence-electron chi connectivity index (χ3n) is 0.558. The smallest absolute Gasteiger partial charge is 0.0537 e. The van der Waals surface area contributed by atoms with Crippen LogP contribution in [0.3, 0.4) is 0 Å². The summed E-state index contributed by atoms with van der Waals surface area (Å²) in [7, 11) is 0. The molecule has 0 aliphatic heterocycles. The molecular weight excluding hydrogens is 60.1 g/mol. The van der Waals surface area contributed by atoms with Crippen LogP contribution in [0.2, 0.25) is 0 Å². The van der Waals surface area contributed by atoms with Crippen molar-refractivity contribution in [3.05, 3.63) is 12.1 Å². The molecule has 0 aromatic carbocycles. The van der Waals surface area contributed by atoms with Gasteiger partial charge in [0.15, 0.2) is 0 Å². The molecule has 0 aromatic rings.